The SMILES string of the molecule is C[C@@H]([13CH3])c1ccccc1N. The van der Waals surface area contributed by atoms with Crippen LogP contribution in [0.2, 0.25) is 0 Å². The summed E-state index contributed by atoms with van der Waals surface area (Å²) in [5.41, 5.74) is 7.86. The molecule has 2 N–H and O–H groups in total. The lowest BCUT2D eigenvalue weighted by atomic mass is 10.1. The third-order valence-electron chi connectivity index (χ3n) is 1.62. The minimum Gasteiger partial charge on any atom is -0.398 e. The van der Waals surface area contributed by atoms with E-state index in [0.717, 1.165) is 5.69 Å². The first-order valence-electron chi connectivity index (χ1n) is 3.56. The molecule has 1 rings (SSSR count). The van der Waals surface area contributed by atoms with E-state index in [4.69, 9.17) is 5.73 Å². The standard InChI is InChI=1S/C9H13N/c1-7(2)8-5-3-4-6-9(8)10/h3-7H,10H2,1-2H3/i1+1/t7-/m1/s1. The summed E-state index contributed by atoms with van der Waals surface area (Å²) in [6.45, 7) is 4.29. The Bertz CT molecular complexity index is 216. The Labute approximate surface area is 61.9 Å². The van der Waals surface area contributed by atoms with Gasteiger partial charge in [-0.2, -0.15) is 0 Å². The van der Waals surface area contributed by atoms with Gasteiger partial charge in [0.25, 0.3) is 0 Å². The van der Waals surface area contributed by atoms with E-state index < -0.39 is 0 Å². The molecule has 0 aromatic heterocycles. The molecule has 10 heavy (non-hydrogen) atoms. The van der Waals surface area contributed by atoms with Crippen LogP contribution in [0.1, 0.15) is 25.3 Å². The second-order valence-corrected chi connectivity index (χ2v) is 2.78. The predicted molar refractivity (Wildman–Crippen MR) is 44.9 cm³/mol. The number of nitrogens with two attached hydrogens (primary N) is 1. The van der Waals surface area contributed by atoms with Gasteiger partial charge in [0, 0.05) is 5.69 Å². The number of anilines is 1. The molecule has 0 saturated carbocycles. The Morgan fingerprint density at radius 3 is 2.20 bits per heavy atom. The van der Waals surface area contributed by atoms with Crippen molar-refractivity contribution in [2.24, 2.45) is 0 Å². The molecular formula is C9H13N. The zero-order valence-electron chi connectivity index (χ0n) is 6.46. The highest BCUT2D eigenvalue weighted by Gasteiger charge is 2.00. The summed E-state index contributed by atoms with van der Waals surface area (Å²) < 4.78 is 0. The molecule has 0 amide bonds. The first kappa shape index (κ1) is 7.13. The van der Waals surface area contributed by atoms with Gasteiger partial charge in [-0.25, -0.2) is 0 Å². The smallest absolute Gasteiger partial charge is 0.0349 e. The summed E-state index contributed by atoms with van der Waals surface area (Å²) in [6.07, 6.45) is 0. The summed E-state index contributed by atoms with van der Waals surface area (Å²) in [7, 11) is 0. The topological polar surface area (TPSA) is 26.0 Å². The van der Waals surface area contributed by atoms with Crippen molar-refractivity contribution in [1.82, 2.24) is 0 Å². The largest absolute Gasteiger partial charge is 0.398 e. The van der Waals surface area contributed by atoms with Crippen molar-refractivity contribution >= 4 is 5.69 Å². The van der Waals surface area contributed by atoms with Gasteiger partial charge in [0.15, 0.2) is 0 Å². The van der Waals surface area contributed by atoms with E-state index in [1.807, 2.05) is 18.2 Å². The highest BCUT2D eigenvalue weighted by molar-refractivity contribution is 5.47. The van der Waals surface area contributed by atoms with Crippen molar-refractivity contribution < 1.29 is 0 Å². The number of hydrogen-bond acceptors (Lipinski definition) is 1. The van der Waals surface area contributed by atoms with Crippen LogP contribution in [-0.4, -0.2) is 0 Å². The maximum Gasteiger partial charge on any atom is 0.0349 e. The Kier molecular flexibility index (Phi) is 1.95. The van der Waals surface area contributed by atoms with Crippen molar-refractivity contribution in [3.63, 3.8) is 0 Å². The molecule has 0 aliphatic heterocycles. The van der Waals surface area contributed by atoms with Crippen LogP contribution in [0.5, 0.6) is 0 Å². The van der Waals surface area contributed by atoms with Gasteiger partial charge < -0.3 is 5.73 Å². The fourth-order valence-electron chi connectivity index (χ4n) is 1.04. The second kappa shape index (κ2) is 2.74. The Hall–Kier alpha value is -0.980. The van der Waals surface area contributed by atoms with E-state index in [1.165, 1.54) is 5.56 Å². The average molecular weight is 136 g/mol. The van der Waals surface area contributed by atoms with Crippen LogP contribution in [0.25, 0.3) is 0 Å². The Morgan fingerprint density at radius 2 is 1.80 bits per heavy atom. The van der Waals surface area contributed by atoms with E-state index in [0.29, 0.717) is 5.92 Å². The van der Waals surface area contributed by atoms with E-state index >= 15 is 0 Å². The molecule has 1 atom stereocenters. The van der Waals surface area contributed by atoms with Gasteiger partial charge in [-0.05, 0) is 17.5 Å². The molecule has 0 heterocycles. The molecule has 1 aromatic carbocycles. The molecule has 54 valence electrons. The maximum atomic E-state index is 5.72. The van der Waals surface area contributed by atoms with E-state index in [9.17, 15) is 0 Å². The van der Waals surface area contributed by atoms with Crippen LogP contribution < -0.4 is 5.73 Å². The third kappa shape index (κ3) is 1.29. The normalized spacial score (nSPS) is 13.0. The molecule has 0 aliphatic carbocycles. The number of para-hydroxylation sites is 1. The average Bonchev–Trinajstić information content (AvgIpc) is 1.88. The fraction of sp³-hybridized carbons (Fsp3) is 0.333. The lowest BCUT2D eigenvalue weighted by Gasteiger charge is -2.07. The lowest BCUT2D eigenvalue weighted by Crippen LogP contribution is -1.94. The zero-order chi connectivity index (χ0) is 7.56. The molecule has 0 saturated heterocycles. The van der Waals surface area contributed by atoms with Gasteiger partial charge in [0.2, 0.25) is 0 Å². The molecule has 0 bridgehead atoms. The van der Waals surface area contributed by atoms with Crippen LogP contribution in [0.3, 0.4) is 0 Å². The first-order valence-corrected chi connectivity index (χ1v) is 3.56. The summed E-state index contributed by atoms with van der Waals surface area (Å²) in [5, 5.41) is 0. The molecule has 0 radical (unpaired) electrons. The Balaban J connectivity index is 3.03. The minimum atomic E-state index is 0.529. The first-order chi connectivity index (χ1) is 4.72. The molecule has 0 aliphatic rings. The maximum absolute atomic E-state index is 5.72. The molecule has 0 unspecified atom stereocenters. The van der Waals surface area contributed by atoms with Crippen molar-refractivity contribution in [3.8, 4) is 0 Å². The summed E-state index contributed by atoms with van der Waals surface area (Å²) >= 11 is 0. The second-order valence-electron chi connectivity index (χ2n) is 2.78. The number of benzene rings is 1. The quantitative estimate of drug-likeness (QED) is 0.465. The van der Waals surface area contributed by atoms with Crippen molar-refractivity contribution in [2.45, 2.75) is 19.8 Å². The number of nitrogen functional groups attached to an aromatic ring is 1. The van der Waals surface area contributed by atoms with Crippen molar-refractivity contribution in [3.05, 3.63) is 29.8 Å². The monoisotopic (exact) mass is 136 g/mol. The van der Waals surface area contributed by atoms with Crippen LogP contribution >= 0.6 is 0 Å². The Morgan fingerprint density at radius 1 is 1.20 bits per heavy atom. The van der Waals surface area contributed by atoms with Crippen LogP contribution in [0, 0.1) is 0 Å². The van der Waals surface area contributed by atoms with Gasteiger partial charge >= 0.3 is 0 Å². The van der Waals surface area contributed by atoms with Crippen LogP contribution in [-0.2, 0) is 0 Å². The molecule has 0 fully saturated rings. The van der Waals surface area contributed by atoms with Gasteiger partial charge in [-0.15, -0.1) is 0 Å². The molecule has 1 aromatic rings. The fourth-order valence-corrected chi connectivity index (χ4v) is 1.04. The molecule has 1 heteroatoms. The van der Waals surface area contributed by atoms with Crippen molar-refractivity contribution in [1.29, 1.82) is 0 Å². The van der Waals surface area contributed by atoms with Crippen LogP contribution in [0.15, 0.2) is 24.3 Å². The van der Waals surface area contributed by atoms with E-state index in [-0.39, 0.29) is 0 Å². The van der Waals surface area contributed by atoms with E-state index in [1.54, 1.807) is 0 Å². The zero-order valence-corrected chi connectivity index (χ0v) is 6.46. The molecule has 0 spiro atoms. The number of rotatable bonds is 1. The lowest BCUT2D eigenvalue weighted by molar-refractivity contribution is 0.870. The highest BCUT2D eigenvalue weighted by atomic mass is 14.6. The summed E-state index contributed by atoms with van der Waals surface area (Å²) in [6, 6.07) is 7.99. The third-order valence-corrected chi connectivity index (χ3v) is 1.62. The van der Waals surface area contributed by atoms with Crippen molar-refractivity contribution in [2.75, 3.05) is 5.73 Å². The van der Waals surface area contributed by atoms with Gasteiger partial charge in [0.05, 0.1) is 0 Å². The molecule has 1 nitrogen and oxygen atoms in total. The van der Waals surface area contributed by atoms with Gasteiger partial charge in [0.1, 0.15) is 0 Å². The van der Waals surface area contributed by atoms with Gasteiger partial charge in [-0.3, -0.25) is 0 Å². The molecular weight excluding hydrogens is 123 g/mol. The summed E-state index contributed by atoms with van der Waals surface area (Å²) in [4.78, 5) is 0. The van der Waals surface area contributed by atoms with Crippen LogP contribution in [0.4, 0.5) is 5.69 Å². The minimum absolute atomic E-state index is 0.529. The summed E-state index contributed by atoms with van der Waals surface area (Å²) in [5.74, 6) is 0.529. The highest BCUT2D eigenvalue weighted by Crippen LogP contribution is 2.19. The number of hydrogen-bond donors (Lipinski definition) is 1. The van der Waals surface area contributed by atoms with E-state index in [2.05, 4.69) is 19.9 Å². The van der Waals surface area contributed by atoms with Gasteiger partial charge in [-0.1, -0.05) is 32.0 Å². The predicted octanol–water partition coefficient (Wildman–Crippen LogP) is 2.39.